The Bertz CT molecular complexity index is 481. The fraction of sp³-hybridized carbons (Fsp3) is 0.500. The van der Waals surface area contributed by atoms with Crippen LogP contribution in [0.15, 0.2) is 6.07 Å². The number of carbonyl (C=O) groups excluding carboxylic acids is 1. The third-order valence-electron chi connectivity index (χ3n) is 3.38. The molecule has 0 spiro atoms. The lowest BCUT2D eigenvalue weighted by molar-refractivity contribution is -0.122. The van der Waals surface area contributed by atoms with Gasteiger partial charge in [-0.25, -0.2) is 0 Å². The van der Waals surface area contributed by atoms with Crippen molar-refractivity contribution in [2.45, 2.75) is 33.2 Å². The van der Waals surface area contributed by atoms with Crippen LogP contribution in [0.1, 0.15) is 29.5 Å². The molecule has 1 saturated carbocycles. The molecule has 2 rings (SSSR count). The van der Waals surface area contributed by atoms with Crippen molar-refractivity contribution in [3.8, 4) is 5.75 Å². The lowest BCUT2D eigenvalue weighted by Crippen LogP contribution is -2.25. The van der Waals surface area contributed by atoms with Crippen molar-refractivity contribution in [1.29, 1.82) is 0 Å². The number of carbonyl (C=O) groups is 1. The maximum Gasteiger partial charge on any atom is 0.223 e. The van der Waals surface area contributed by atoms with E-state index in [9.17, 15) is 4.79 Å². The Balaban J connectivity index is 2.19. The summed E-state index contributed by atoms with van der Waals surface area (Å²) in [4.78, 5) is 11.7. The molecule has 98 valence electrons. The Kier molecular flexibility index (Phi) is 3.81. The van der Waals surface area contributed by atoms with Crippen LogP contribution in [-0.2, 0) is 11.3 Å². The van der Waals surface area contributed by atoms with Crippen LogP contribution < -0.4 is 10.1 Å². The number of aryl methyl sites for hydroxylation is 1. The van der Waals surface area contributed by atoms with E-state index in [0.29, 0.717) is 6.54 Å². The normalized spacial score (nSPS) is 14.4. The topological polar surface area (TPSA) is 38.3 Å². The van der Waals surface area contributed by atoms with Crippen molar-refractivity contribution < 1.29 is 9.53 Å². The van der Waals surface area contributed by atoms with E-state index < -0.39 is 0 Å². The molecule has 1 aliphatic rings. The number of benzene rings is 1. The first-order valence-electron chi connectivity index (χ1n) is 6.15. The molecule has 0 unspecified atom stereocenters. The van der Waals surface area contributed by atoms with E-state index >= 15 is 0 Å². The quantitative estimate of drug-likeness (QED) is 0.911. The van der Waals surface area contributed by atoms with Crippen LogP contribution in [0.2, 0.25) is 5.02 Å². The predicted octanol–water partition coefficient (Wildman–Crippen LogP) is 2.99. The largest absolute Gasteiger partial charge is 0.496 e. The third kappa shape index (κ3) is 2.61. The number of nitrogens with one attached hydrogen (secondary N) is 1. The van der Waals surface area contributed by atoms with Gasteiger partial charge in [-0.1, -0.05) is 11.6 Å². The van der Waals surface area contributed by atoms with E-state index in [0.717, 1.165) is 40.3 Å². The summed E-state index contributed by atoms with van der Waals surface area (Å²) in [6.45, 7) is 4.38. The van der Waals surface area contributed by atoms with Gasteiger partial charge in [0.1, 0.15) is 5.75 Å². The minimum atomic E-state index is 0.133. The summed E-state index contributed by atoms with van der Waals surface area (Å²) in [7, 11) is 1.63. The second-order valence-corrected chi connectivity index (χ2v) is 5.18. The van der Waals surface area contributed by atoms with E-state index in [4.69, 9.17) is 16.3 Å². The molecular formula is C14H18ClNO2. The summed E-state index contributed by atoms with van der Waals surface area (Å²) < 4.78 is 5.36. The number of halogens is 1. The van der Waals surface area contributed by atoms with Crippen molar-refractivity contribution in [3.63, 3.8) is 0 Å². The number of amides is 1. The van der Waals surface area contributed by atoms with Crippen LogP contribution in [-0.4, -0.2) is 13.0 Å². The molecule has 18 heavy (non-hydrogen) atoms. The molecule has 1 fully saturated rings. The van der Waals surface area contributed by atoms with Gasteiger partial charge in [-0.2, -0.15) is 0 Å². The summed E-state index contributed by atoms with van der Waals surface area (Å²) in [5.41, 5.74) is 2.93. The lowest BCUT2D eigenvalue weighted by atomic mass is 10.0. The molecule has 0 atom stereocenters. The van der Waals surface area contributed by atoms with E-state index in [1.165, 1.54) is 0 Å². The number of rotatable bonds is 4. The maximum absolute atomic E-state index is 11.7. The molecule has 1 N–H and O–H groups in total. The van der Waals surface area contributed by atoms with Gasteiger partial charge < -0.3 is 10.1 Å². The molecule has 0 aliphatic heterocycles. The van der Waals surface area contributed by atoms with Gasteiger partial charge in [0.2, 0.25) is 5.91 Å². The first kappa shape index (κ1) is 13.2. The first-order valence-corrected chi connectivity index (χ1v) is 6.52. The molecule has 0 aromatic heterocycles. The molecule has 1 aromatic rings. The summed E-state index contributed by atoms with van der Waals surface area (Å²) in [5, 5.41) is 3.69. The molecule has 1 amide bonds. The minimum absolute atomic E-state index is 0.133. The van der Waals surface area contributed by atoms with Crippen LogP contribution in [0.5, 0.6) is 5.75 Å². The van der Waals surface area contributed by atoms with E-state index in [2.05, 4.69) is 5.32 Å². The van der Waals surface area contributed by atoms with Crippen LogP contribution in [0.25, 0.3) is 0 Å². The highest BCUT2D eigenvalue weighted by Gasteiger charge is 2.29. The van der Waals surface area contributed by atoms with Gasteiger partial charge in [0.15, 0.2) is 0 Å². The van der Waals surface area contributed by atoms with Crippen molar-refractivity contribution in [2.24, 2.45) is 5.92 Å². The monoisotopic (exact) mass is 267 g/mol. The number of hydrogen-bond donors (Lipinski definition) is 1. The fourth-order valence-corrected chi connectivity index (χ4v) is 2.20. The average molecular weight is 268 g/mol. The lowest BCUT2D eigenvalue weighted by Gasteiger charge is -2.15. The zero-order valence-corrected chi connectivity index (χ0v) is 11.7. The number of ether oxygens (including phenoxy) is 1. The second-order valence-electron chi connectivity index (χ2n) is 4.81. The molecule has 4 heteroatoms. The number of hydrogen-bond acceptors (Lipinski definition) is 2. The number of methoxy groups -OCH3 is 1. The van der Waals surface area contributed by atoms with Gasteiger partial charge in [0.25, 0.3) is 0 Å². The van der Waals surface area contributed by atoms with Gasteiger partial charge >= 0.3 is 0 Å². The molecule has 1 aliphatic carbocycles. The standard InChI is InChI=1S/C14H18ClNO2/c1-8-6-12(18-3)11(9(2)13(8)15)7-16-14(17)10-4-5-10/h6,10H,4-5,7H2,1-3H3,(H,16,17). The molecule has 0 bridgehead atoms. The van der Waals surface area contributed by atoms with E-state index in [1.54, 1.807) is 7.11 Å². The highest BCUT2D eigenvalue weighted by atomic mass is 35.5. The van der Waals surface area contributed by atoms with Crippen molar-refractivity contribution >= 4 is 17.5 Å². The zero-order chi connectivity index (χ0) is 13.3. The van der Waals surface area contributed by atoms with Gasteiger partial charge in [-0.05, 0) is 43.9 Å². The SMILES string of the molecule is COc1cc(C)c(Cl)c(C)c1CNC(=O)C1CC1. The Morgan fingerprint density at radius 3 is 2.72 bits per heavy atom. The first-order chi connectivity index (χ1) is 8.54. The van der Waals surface area contributed by atoms with E-state index in [-0.39, 0.29) is 11.8 Å². The summed E-state index contributed by atoms with van der Waals surface area (Å²) >= 11 is 6.23. The van der Waals surface area contributed by atoms with Crippen molar-refractivity contribution in [3.05, 3.63) is 27.8 Å². The van der Waals surface area contributed by atoms with Crippen molar-refractivity contribution in [1.82, 2.24) is 5.32 Å². The second kappa shape index (κ2) is 5.19. The fourth-order valence-electron chi connectivity index (χ4n) is 2.03. The maximum atomic E-state index is 11.7. The smallest absolute Gasteiger partial charge is 0.223 e. The van der Waals surface area contributed by atoms with Gasteiger partial charge in [0, 0.05) is 23.0 Å². The zero-order valence-electron chi connectivity index (χ0n) is 11.0. The van der Waals surface area contributed by atoms with Crippen molar-refractivity contribution in [2.75, 3.05) is 7.11 Å². The highest BCUT2D eigenvalue weighted by molar-refractivity contribution is 6.32. The Morgan fingerprint density at radius 1 is 1.50 bits per heavy atom. The van der Waals surface area contributed by atoms with Gasteiger partial charge in [-0.15, -0.1) is 0 Å². The van der Waals surface area contributed by atoms with Crippen LogP contribution in [0.3, 0.4) is 0 Å². The molecule has 0 heterocycles. The molecule has 0 radical (unpaired) electrons. The van der Waals surface area contributed by atoms with Crippen LogP contribution >= 0.6 is 11.6 Å². The summed E-state index contributed by atoms with van der Waals surface area (Å²) in [6, 6.07) is 1.91. The Morgan fingerprint density at radius 2 is 2.17 bits per heavy atom. The summed E-state index contributed by atoms with van der Waals surface area (Å²) in [5.74, 6) is 1.14. The average Bonchev–Trinajstić information content (AvgIpc) is 3.18. The molecule has 0 saturated heterocycles. The summed E-state index contributed by atoms with van der Waals surface area (Å²) in [6.07, 6.45) is 2.02. The van der Waals surface area contributed by atoms with Crippen LogP contribution in [0, 0.1) is 19.8 Å². The minimum Gasteiger partial charge on any atom is -0.496 e. The Hall–Kier alpha value is -1.22. The van der Waals surface area contributed by atoms with Crippen LogP contribution in [0.4, 0.5) is 0 Å². The highest BCUT2D eigenvalue weighted by Crippen LogP contribution is 2.32. The Labute approximate surface area is 112 Å². The third-order valence-corrected chi connectivity index (χ3v) is 3.96. The molecule has 1 aromatic carbocycles. The predicted molar refractivity (Wildman–Crippen MR) is 72.0 cm³/mol. The van der Waals surface area contributed by atoms with Gasteiger partial charge in [0.05, 0.1) is 7.11 Å². The van der Waals surface area contributed by atoms with E-state index in [1.807, 2.05) is 19.9 Å². The molecule has 3 nitrogen and oxygen atoms in total. The molecular weight excluding hydrogens is 250 g/mol. The van der Waals surface area contributed by atoms with Gasteiger partial charge in [-0.3, -0.25) is 4.79 Å².